The fourth-order valence-corrected chi connectivity index (χ4v) is 8.62. The monoisotopic (exact) mass is 591 g/mol. The quantitative estimate of drug-likeness (QED) is 0.184. The van der Waals surface area contributed by atoms with E-state index in [1.54, 1.807) is 0 Å². The minimum absolute atomic E-state index is 0.0311. The molecule has 210 valence electrons. The molecule has 45 heavy (non-hydrogen) atoms. The minimum atomic E-state index is -0.0311. The number of hydrogen-bond acceptors (Lipinski definition) is 2. The molecule has 0 bridgehead atoms. The van der Waals surface area contributed by atoms with Crippen molar-refractivity contribution in [3.05, 3.63) is 143 Å². The molecule has 0 amide bonds. The van der Waals surface area contributed by atoms with Gasteiger partial charge < -0.3 is 4.57 Å². The maximum Gasteiger partial charge on any atom is 0.188 e. The molecule has 2 aromatic heterocycles. The first-order chi connectivity index (χ1) is 22.0. The molecule has 0 fully saturated rings. The number of nitriles is 1. The highest BCUT2D eigenvalue weighted by Crippen LogP contribution is 2.51. The summed E-state index contributed by atoms with van der Waals surface area (Å²) >= 11 is 1.85. The number of hydrogen-bond donors (Lipinski definition) is 0. The lowest BCUT2D eigenvalue weighted by Gasteiger charge is -2.21. The van der Waals surface area contributed by atoms with Gasteiger partial charge in [-0.2, -0.15) is 5.26 Å². The van der Waals surface area contributed by atoms with Crippen LogP contribution in [0.2, 0.25) is 0 Å². The van der Waals surface area contributed by atoms with E-state index in [-0.39, 0.29) is 5.41 Å². The Kier molecular flexibility index (Phi) is 5.25. The first-order valence-electron chi connectivity index (χ1n) is 15.0. The normalized spacial score (nSPS) is 13.2. The van der Waals surface area contributed by atoms with Crippen LogP contribution in [0.3, 0.4) is 0 Å². The largest absolute Gasteiger partial charge is 0.309 e. The van der Waals surface area contributed by atoms with Crippen LogP contribution in [-0.2, 0) is 5.41 Å². The van der Waals surface area contributed by atoms with Gasteiger partial charge in [-0.3, -0.25) is 0 Å². The molecule has 1 aliphatic carbocycles. The zero-order chi connectivity index (χ0) is 30.4. The molecule has 0 unspecified atom stereocenters. The molecule has 0 spiro atoms. The molecule has 6 aromatic carbocycles. The van der Waals surface area contributed by atoms with E-state index in [2.05, 4.69) is 102 Å². The van der Waals surface area contributed by atoms with Crippen molar-refractivity contribution in [2.75, 3.05) is 0 Å². The lowest BCUT2D eigenvalue weighted by Crippen LogP contribution is -2.14. The summed E-state index contributed by atoms with van der Waals surface area (Å²) in [4.78, 5) is 3.69. The van der Waals surface area contributed by atoms with Crippen LogP contribution in [0.15, 0.2) is 115 Å². The second-order valence-electron chi connectivity index (χ2n) is 12.4. The van der Waals surface area contributed by atoms with Gasteiger partial charge in [-0.1, -0.05) is 80.6 Å². The van der Waals surface area contributed by atoms with Gasteiger partial charge in [-0.05, 0) is 81.7 Å². The topological polar surface area (TPSA) is 33.1 Å². The van der Waals surface area contributed by atoms with Crippen LogP contribution >= 0.6 is 11.3 Å². The van der Waals surface area contributed by atoms with Crippen molar-refractivity contribution in [2.24, 2.45) is 0 Å². The van der Waals surface area contributed by atoms with E-state index in [0.29, 0.717) is 11.3 Å². The Balaban J connectivity index is 1.28. The summed E-state index contributed by atoms with van der Waals surface area (Å²) in [6, 6.07) is 42.9. The Morgan fingerprint density at radius 3 is 2.33 bits per heavy atom. The van der Waals surface area contributed by atoms with Crippen molar-refractivity contribution in [1.82, 2.24) is 4.57 Å². The van der Waals surface area contributed by atoms with E-state index in [4.69, 9.17) is 6.57 Å². The summed E-state index contributed by atoms with van der Waals surface area (Å²) in [6.07, 6.45) is 0. The van der Waals surface area contributed by atoms with Gasteiger partial charge in [0.15, 0.2) is 5.69 Å². The van der Waals surface area contributed by atoms with E-state index in [1.165, 1.54) is 42.4 Å². The van der Waals surface area contributed by atoms with Crippen LogP contribution in [0.4, 0.5) is 5.69 Å². The zero-order valence-corrected chi connectivity index (χ0v) is 25.5. The fraction of sp³-hybridized carbons (Fsp3) is 0.0732. The number of benzene rings is 6. The lowest BCUT2D eigenvalue weighted by atomic mass is 9.82. The third-order valence-corrected chi connectivity index (χ3v) is 10.8. The number of aromatic nitrogens is 1. The fourth-order valence-electron chi connectivity index (χ4n) is 7.46. The molecule has 3 nitrogen and oxygen atoms in total. The van der Waals surface area contributed by atoms with Crippen LogP contribution in [0.25, 0.3) is 74.8 Å². The second kappa shape index (κ2) is 9.16. The SMILES string of the molecule is [C-]#[N+]c1ccc2c(c1)c1ccccc1n2-c1cc(C#N)ccc1-c1ccc2c(c1)sc1cc3c(cc12)-c1ccccc1C3(C)C. The molecular weight excluding hydrogens is 567 g/mol. The van der Waals surface area contributed by atoms with Gasteiger partial charge in [0.25, 0.3) is 0 Å². The van der Waals surface area contributed by atoms with Gasteiger partial charge in [-0.15, -0.1) is 11.3 Å². The Morgan fingerprint density at radius 1 is 0.667 bits per heavy atom. The molecule has 2 heterocycles. The Morgan fingerprint density at radius 2 is 1.47 bits per heavy atom. The predicted molar refractivity (Wildman–Crippen MR) is 188 cm³/mol. The summed E-state index contributed by atoms with van der Waals surface area (Å²) in [5, 5.41) is 14.6. The van der Waals surface area contributed by atoms with Crippen molar-refractivity contribution < 1.29 is 0 Å². The number of fused-ring (bicyclic) bond motifs is 9. The van der Waals surface area contributed by atoms with Gasteiger partial charge in [0.1, 0.15) is 0 Å². The van der Waals surface area contributed by atoms with E-state index in [0.717, 1.165) is 38.6 Å². The van der Waals surface area contributed by atoms with Crippen molar-refractivity contribution in [1.29, 1.82) is 5.26 Å². The second-order valence-corrected chi connectivity index (χ2v) is 13.5. The molecule has 0 aliphatic heterocycles. The van der Waals surface area contributed by atoms with Crippen LogP contribution in [0.5, 0.6) is 0 Å². The molecular formula is C41H25N3S. The number of nitrogens with zero attached hydrogens (tertiary/aromatic N) is 3. The van der Waals surface area contributed by atoms with Crippen molar-refractivity contribution in [3.63, 3.8) is 0 Å². The third kappa shape index (κ3) is 3.55. The van der Waals surface area contributed by atoms with E-state index in [9.17, 15) is 5.26 Å². The highest BCUT2D eigenvalue weighted by molar-refractivity contribution is 7.25. The van der Waals surface area contributed by atoms with Crippen LogP contribution in [-0.4, -0.2) is 4.57 Å². The molecule has 0 atom stereocenters. The summed E-state index contributed by atoms with van der Waals surface area (Å²) in [5.74, 6) is 0. The standard InChI is InChI=1S/C41H25N3S/c1-41(2)34-10-6-4-8-28(34)31-21-33-30-16-13-25(19-39(30)45-40(33)22-35(31)41)27-15-12-24(23-42)18-38(27)44-36-11-7-5-9-29(36)32-20-26(43-3)14-17-37(32)44/h4-22H,1-2H3. The van der Waals surface area contributed by atoms with E-state index >= 15 is 0 Å². The Bertz CT molecular complexity index is 2650. The zero-order valence-electron chi connectivity index (χ0n) is 24.7. The average molecular weight is 592 g/mol. The van der Waals surface area contributed by atoms with Crippen LogP contribution in [0.1, 0.15) is 30.5 Å². The van der Waals surface area contributed by atoms with E-state index < -0.39 is 0 Å². The van der Waals surface area contributed by atoms with Crippen LogP contribution < -0.4 is 0 Å². The molecule has 8 aromatic rings. The van der Waals surface area contributed by atoms with Crippen molar-refractivity contribution >= 4 is 59.0 Å². The summed E-state index contributed by atoms with van der Waals surface area (Å²) in [7, 11) is 0. The average Bonchev–Trinajstić information content (AvgIpc) is 3.68. The van der Waals surface area contributed by atoms with Gasteiger partial charge in [0.05, 0.1) is 34.9 Å². The summed E-state index contributed by atoms with van der Waals surface area (Å²) in [6.45, 7) is 12.2. The maximum atomic E-state index is 9.91. The number of thiophene rings is 1. The highest BCUT2D eigenvalue weighted by atomic mass is 32.1. The molecule has 4 heteroatoms. The number of para-hydroxylation sites is 1. The minimum Gasteiger partial charge on any atom is -0.309 e. The van der Waals surface area contributed by atoms with Gasteiger partial charge in [-0.25, -0.2) is 4.85 Å². The van der Waals surface area contributed by atoms with Crippen molar-refractivity contribution in [3.8, 4) is 34.0 Å². The Labute approximate surface area is 264 Å². The smallest absolute Gasteiger partial charge is 0.188 e. The molecule has 0 saturated heterocycles. The number of rotatable bonds is 2. The molecule has 1 aliphatic rings. The van der Waals surface area contributed by atoms with Crippen LogP contribution in [0, 0.1) is 17.9 Å². The van der Waals surface area contributed by atoms with Crippen molar-refractivity contribution in [2.45, 2.75) is 19.3 Å². The molecule has 0 saturated carbocycles. The molecule has 9 rings (SSSR count). The predicted octanol–water partition coefficient (Wildman–Crippen LogP) is 11.5. The van der Waals surface area contributed by atoms with E-state index in [1.807, 2.05) is 53.8 Å². The first-order valence-corrected chi connectivity index (χ1v) is 15.8. The Hall–Kier alpha value is -5.68. The summed E-state index contributed by atoms with van der Waals surface area (Å²) in [5.41, 5.74) is 11.8. The summed E-state index contributed by atoms with van der Waals surface area (Å²) < 4.78 is 4.80. The lowest BCUT2D eigenvalue weighted by molar-refractivity contribution is 0.661. The van der Waals surface area contributed by atoms with Gasteiger partial charge >= 0.3 is 0 Å². The first kappa shape index (κ1) is 25.8. The van der Waals surface area contributed by atoms with Gasteiger partial charge in [0, 0.05) is 36.5 Å². The van der Waals surface area contributed by atoms with Gasteiger partial charge in [0.2, 0.25) is 0 Å². The molecule has 0 radical (unpaired) electrons. The maximum absolute atomic E-state index is 9.91. The third-order valence-electron chi connectivity index (χ3n) is 9.64. The molecule has 0 N–H and O–H groups in total. The highest BCUT2D eigenvalue weighted by Gasteiger charge is 2.35.